The average molecular weight is 487 g/mol. The molecule has 2 amide bonds. The van der Waals surface area contributed by atoms with Crippen molar-refractivity contribution in [2.75, 3.05) is 13.2 Å². The maximum absolute atomic E-state index is 13.6. The minimum atomic E-state index is -1.24. The van der Waals surface area contributed by atoms with Crippen LogP contribution in [0.25, 0.3) is 0 Å². The summed E-state index contributed by atoms with van der Waals surface area (Å²) < 4.78 is 63.8. The number of benzene rings is 2. The Hall–Kier alpha value is -3.01. The fraction of sp³-hybridized carbons (Fsp3) is 0.364. The molecular weight excluding hydrogens is 468 g/mol. The van der Waals surface area contributed by atoms with Crippen LogP contribution >= 0.6 is 11.6 Å². The second-order valence-corrected chi connectivity index (χ2v) is 8.63. The first kappa shape index (κ1) is 23.2. The Morgan fingerprint density at radius 2 is 1.61 bits per heavy atom. The Morgan fingerprint density at radius 3 is 2.27 bits per heavy atom. The van der Waals surface area contributed by atoms with Gasteiger partial charge in [-0.3, -0.25) is 9.59 Å². The van der Waals surface area contributed by atoms with Gasteiger partial charge in [-0.05, 0) is 37.3 Å². The molecule has 0 heterocycles. The first-order valence-electron chi connectivity index (χ1n) is 10.1. The van der Waals surface area contributed by atoms with Gasteiger partial charge in [0.25, 0.3) is 11.8 Å². The van der Waals surface area contributed by atoms with Crippen molar-refractivity contribution in [1.29, 1.82) is 0 Å². The summed E-state index contributed by atoms with van der Waals surface area (Å²) in [6.07, 6.45) is 1.74. The number of ether oxygens (including phenoxy) is 2. The first-order valence-corrected chi connectivity index (χ1v) is 10.5. The fourth-order valence-electron chi connectivity index (χ4n) is 4.41. The molecule has 33 heavy (non-hydrogen) atoms. The average Bonchev–Trinajstić information content (AvgIpc) is 3.21. The summed E-state index contributed by atoms with van der Waals surface area (Å²) in [5.41, 5.74) is -0.539. The lowest BCUT2D eigenvalue weighted by atomic mass is 9.76. The van der Waals surface area contributed by atoms with Gasteiger partial charge < -0.3 is 20.1 Å². The Morgan fingerprint density at radius 1 is 0.939 bits per heavy atom. The minimum Gasteiger partial charge on any atom is -0.484 e. The van der Waals surface area contributed by atoms with Crippen molar-refractivity contribution in [3.05, 3.63) is 58.6 Å². The lowest BCUT2D eigenvalue weighted by Crippen LogP contribution is -2.53. The molecule has 176 valence electrons. The summed E-state index contributed by atoms with van der Waals surface area (Å²) in [6.45, 7) is -0.958. The van der Waals surface area contributed by atoms with Crippen molar-refractivity contribution in [3.63, 3.8) is 0 Å². The van der Waals surface area contributed by atoms with Crippen LogP contribution in [0.1, 0.15) is 19.3 Å². The molecule has 1 unspecified atom stereocenters. The summed E-state index contributed by atoms with van der Waals surface area (Å²) in [5, 5.41) is 5.58. The van der Waals surface area contributed by atoms with Gasteiger partial charge in [-0.1, -0.05) is 11.6 Å². The van der Waals surface area contributed by atoms with Gasteiger partial charge in [0.05, 0.1) is 5.02 Å². The third-order valence-corrected chi connectivity index (χ3v) is 6.11. The highest BCUT2D eigenvalue weighted by atomic mass is 35.5. The maximum atomic E-state index is 13.6. The van der Waals surface area contributed by atoms with Crippen LogP contribution in [-0.2, 0) is 9.59 Å². The number of carbonyl (C=O) groups is 2. The second kappa shape index (κ2) is 9.09. The highest BCUT2D eigenvalue weighted by Gasteiger charge is 2.57. The van der Waals surface area contributed by atoms with Gasteiger partial charge in [0.2, 0.25) is 0 Å². The predicted octanol–water partition coefficient (Wildman–Crippen LogP) is 3.51. The number of amides is 2. The van der Waals surface area contributed by atoms with Crippen LogP contribution in [0.4, 0.5) is 17.6 Å². The summed E-state index contributed by atoms with van der Waals surface area (Å²) in [4.78, 5) is 24.4. The number of carbonyl (C=O) groups excluding carboxylic acids is 2. The maximum Gasteiger partial charge on any atom is 0.258 e. The molecule has 3 aliphatic carbocycles. The smallest absolute Gasteiger partial charge is 0.258 e. The Labute approximate surface area is 191 Å². The topological polar surface area (TPSA) is 76.7 Å². The second-order valence-electron chi connectivity index (χ2n) is 8.23. The normalized spacial score (nSPS) is 22.9. The Bertz CT molecular complexity index is 1070. The van der Waals surface area contributed by atoms with E-state index in [2.05, 4.69) is 10.6 Å². The molecule has 5 rings (SSSR count). The van der Waals surface area contributed by atoms with Gasteiger partial charge >= 0.3 is 0 Å². The van der Waals surface area contributed by atoms with Gasteiger partial charge in [-0.15, -0.1) is 0 Å². The molecule has 0 radical (unpaired) electrons. The summed E-state index contributed by atoms with van der Waals surface area (Å²) >= 11 is 5.60. The van der Waals surface area contributed by atoms with Gasteiger partial charge in [-0.2, -0.15) is 0 Å². The van der Waals surface area contributed by atoms with Crippen molar-refractivity contribution < 1.29 is 36.6 Å². The van der Waals surface area contributed by atoms with E-state index in [9.17, 15) is 27.2 Å². The largest absolute Gasteiger partial charge is 0.484 e. The van der Waals surface area contributed by atoms with E-state index < -0.39 is 53.0 Å². The molecule has 6 nitrogen and oxygen atoms in total. The van der Waals surface area contributed by atoms with Crippen LogP contribution in [0.3, 0.4) is 0 Å². The standard InChI is InChI=1S/C22H19ClF4N2O4/c23-14-2-1-13(5-15(14)25)32-9-19(30)28-18-8-22(6-11(18)7-22)29-20(31)10-33-21-16(26)3-12(24)4-17(21)27/h1-5,11,18H,6-10H2,(H,28,30)(H,29,31). The molecule has 0 aliphatic heterocycles. The molecular formula is C22H19ClF4N2O4. The molecule has 0 aromatic heterocycles. The molecule has 2 bridgehead atoms. The third-order valence-electron chi connectivity index (χ3n) is 5.81. The van der Waals surface area contributed by atoms with E-state index in [1.54, 1.807) is 0 Å². The van der Waals surface area contributed by atoms with Gasteiger partial charge in [0, 0.05) is 29.8 Å². The Kier molecular flexibility index (Phi) is 6.38. The Balaban J connectivity index is 1.23. The quantitative estimate of drug-likeness (QED) is 0.560. The highest BCUT2D eigenvalue weighted by molar-refractivity contribution is 6.30. The molecule has 3 saturated carbocycles. The predicted molar refractivity (Wildman–Crippen MR) is 109 cm³/mol. The van der Waals surface area contributed by atoms with Crippen LogP contribution in [0.15, 0.2) is 30.3 Å². The molecule has 1 atom stereocenters. The van der Waals surface area contributed by atoms with Crippen molar-refractivity contribution in [2.45, 2.75) is 30.8 Å². The SMILES string of the molecule is O=C(COc1ccc(Cl)c(F)c1)NC1CC2(NC(=O)COc3c(F)cc(F)cc3F)CC1C2. The number of halogens is 5. The van der Waals surface area contributed by atoms with E-state index in [0.29, 0.717) is 31.4 Å². The van der Waals surface area contributed by atoms with E-state index in [4.69, 9.17) is 21.1 Å². The number of hydrogen-bond donors (Lipinski definition) is 2. The lowest BCUT2D eigenvalue weighted by molar-refractivity contribution is -0.126. The van der Waals surface area contributed by atoms with Crippen LogP contribution in [0, 0.1) is 29.2 Å². The zero-order valence-electron chi connectivity index (χ0n) is 17.1. The van der Waals surface area contributed by atoms with Crippen molar-refractivity contribution in [2.24, 2.45) is 5.92 Å². The molecule has 11 heteroatoms. The monoisotopic (exact) mass is 486 g/mol. The van der Waals surface area contributed by atoms with Gasteiger partial charge in [-0.25, -0.2) is 17.6 Å². The molecule has 3 fully saturated rings. The molecule has 0 spiro atoms. The van der Waals surface area contributed by atoms with Crippen molar-refractivity contribution in [3.8, 4) is 11.5 Å². The third kappa shape index (κ3) is 5.16. The molecule has 2 N–H and O–H groups in total. The molecule has 0 saturated heterocycles. The van der Waals surface area contributed by atoms with E-state index in [0.717, 1.165) is 6.07 Å². The molecule has 3 aliphatic rings. The zero-order chi connectivity index (χ0) is 23.8. The van der Waals surface area contributed by atoms with Crippen LogP contribution in [0.2, 0.25) is 5.02 Å². The first-order chi connectivity index (χ1) is 15.6. The minimum absolute atomic E-state index is 0.0526. The molecule has 2 aromatic carbocycles. The fourth-order valence-corrected chi connectivity index (χ4v) is 4.52. The van der Waals surface area contributed by atoms with E-state index in [-0.39, 0.29) is 29.3 Å². The van der Waals surface area contributed by atoms with E-state index in [1.807, 2.05) is 0 Å². The molecule has 2 aromatic rings. The zero-order valence-corrected chi connectivity index (χ0v) is 17.9. The van der Waals surface area contributed by atoms with Gasteiger partial charge in [0.1, 0.15) is 17.4 Å². The number of hydrogen-bond acceptors (Lipinski definition) is 4. The summed E-state index contributed by atoms with van der Waals surface area (Å²) in [6, 6.07) is 4.59. The van der Waals surface area contributed by atoms with Crippen LogP contribution in [0.5, 0.6) is 11.5 Å². The van der Waals surface area contributed by atoms with Crippen molar-refractivity contribution in [1.82, 2.24) is 10.6 Å². The summed E-state index contributed by atoms with van der Waals surface area (Å²) in [5.74, 6) is -5.71. The number of nitrogens with one attached hydrogen (secondary N) is 2. The number of rotatable bonds is 8. The van der Waals surface area contributed by atoms with E-state index >= 15 is 0 Å². The van der Waals surface area contributed by atoms with Gasteiger partial charge in [0.15, 0.2) is 30.6 Å². The van der Waals surface area contributed by atoms with E-state index in [1.165, 1.54) is 12.1 Å². The van der Waals surface area contributed by atoms with Crippen molar-refractivity contribution >= 4 is 23.4 Å². The number of fused-ring (bicyclic) bond motifs is 1. The lowest BCUT2D eigenvalue weighted by Gasteiger charge is -2.39. The van der Waals surface area contributed by atoms with Crippen LogP contribution < -0.4 is 20.1 Å². The van der Waals surface area contributed by atoms with Crippen LogP contribution in [-0.4, -0.2) is 36.6 Å². The summed E-state index contributed by atoms with van der Waals surface area (Å²) in [7, 11) is 0. The highest BCUT2D eigenvalue weighted by Crippen LogP contribution is 2.52.